The number of para-hydroxylation sites is 1. The Morgan fingerprint density at radius 1 is 1.03 bits per heavy atom. The summed E-state index contributed by atoms with van der Waals surface area (Å²) in [4.78, 5) is 26.9. The molecule has 2 aromatic carbocycles. The van der Waals surface area contributed by atoms with Crippen LogP contribution >= 0.6 is 0 Å². The average molecular weight is 419 g/mol. The third kappa shape index (κ3) is 4.71. The maximum atomic E-state index is 12.4. The first-order chi connectivity index (χ1) is 15.2. The lowest BCUT2D eigenvalue weighted by molar-refractivity contribution is -0.139. The molecule has 7 heteroatoms. The van der Waals surface area contributed by atoms with Crippen LogP contribution in [0.5, 0.6) is 5.75 Å². The zero-order valence-electron chi connectivity index (χ0n) is 17.3. The van der Waals surface area contributed by atoms with Crippen LogP contribution < -0.4 is 20.3 Å². The number of rotatable bonds is 7. The molecule has 0 aliphatic carbocycles. The number of methoxy groups -OCH3 is 1. The number of ether oxygens (including phenoxy) is 1. The lowest BCUT2D eigenvalue weighted by Gasteiger charge is -2.29. The number of anilines is 1. The van der Waals surface area contributed by atoms with Gasteiger partial charge in [-0.1, -0.05) is 30.3 Å². The summed E-state index contributed by atoms with van der Waals surface area (Å²) in [7, 11) is 1.60. The summed E-state index contributed by atoms with van der Waals surface area (Å²) >= 11 is 0. The van der Waals surface area contributed by atoms with Crippen LogP contribution in [0.15, 0.2) is 71.3 Å². The highest BCUT2D eigenvalue weighted by Gasteiger charge is 2.29. The van der Waals surface area contributed by atoms with E-state index in [1.807, 2.05) is 48.5 Å². The van der Waals surface area contributed by atoms with Crippen molar-refractivity contribution in [2.45, 2.75) is 19.0 Å². The van der Waals surface area contributed by atoms with E-state index in [-0.39, 0.29) is 19.1 Å². The van der Waals surface area contributed by atoms with Crippen molar-refractivity contribution in [2.75, 3.05) is 25.1 Å². The summed E-state index contributed by atoms with van der Waals surface area (Å²) in [5.41, 5.74) is 3.27. The zero-order valence-corrected chi connectivity index (χ0v) is 17.3. The van der Waals surface area contributed by atoms with E-state index in [4.69, 9.17) is 9.15 Å². The van der Waals surface area contributed by atoms with Gasteiger partial charge in [0.05, 0.1) is 13.4 Å². The number of benzene rings is 2. The monoisotopic (exact) mass is 419 g/mol. The molecule has 160 valence electrons. The van der Waals surface area contributed by atoms with Crippen molar-refractivity contribution < 1.29 is 18.7 Å². The summed E-state index contributed by atoms with van der Waals surface area (Å²) in [6, 6.07) is 19.0. The lowest BCUT2D eigenvalue weighted by Crippen LogP contribution is -2.43. The molecule has 0 saturated heterocycles. The molecular weight excluding hydrogens is 394 g/mol. The maximum Gasteiger partial charge on any atom is 0.309 e. The smallest absolute Gasteiger partial charge is 0.309 e. The Morgan fingerprint density at radius 2 is 1.81 bits per heavy atom. The van der Waals surface area contributed by atoms with Crippen molar-refractivity contribution in [2.24, 2.45) is 0 Å². The first-order valence-corrected chi connectivity index (χ1v) is 10.2. The number of fused-ring (bicyclic) bond motifs is 1. The quantitative estimate of drug-likeness (QED) is 0.576. The molecule has 1 aromatic heterocycles. The minimum Gasteiger partial charge on any atom is -0.497 e. The summed E-state index contributed by atoms with van der Waals surface area (Å²) < 4.78 is 10.8. The van der Waals surface area contributed by atoms with Crippen molar-refractivity contribution in [1.29, 1.82) is 0 Å². The second kappa shape index (κ2) is 9.38. The SMILES string of the molecule is COc1ccc(CNC(=O)C(=O)NC[C@@H](c2ccco2)N2CCc3ccccc32)cc1. The Labute approximate surface area is 181 Å². The molecule has 1 atom stereocenters. The van der Waals surface area contributed by atoms with Gasteiger partial charge in [-0.3, -0.25) is 9.59 Å². The summed E-state index contributed by atoms with van der Waals surface area (Å²) in [6.07, 6.45) is 2.55. The highest BCUT2D eigenvalue weighted by atomic mass is 16.5. The van der Waals surface area contributed by atoms with Gasteiger partial charge in [-0.25, -0.2) is 0 Å². The Morgan fingerprint density at radius 3 is 2.55 bits per heavy atom. The first kappa shape index (κ1) is 20.5. The predicted molar refractivity (Wildman–Crippen MR) is 117 cm³/mol. The fourth-order valence-corrected chi connectivity index (χ4v) is 3.81. The molecule has 2 amide bonds. The van der Waals surface area contributed by atoms with Gasteiger partial charge in [0.2, 0.25) is 0 Å². The minimum absolute atomic E-state index is 0.197. The molecule has 0 saturated carbocycles. The van der Waals surface area contributed by atoms with E-state index in [1.54, 1.807) is 13.4 Å². The van der Waals surface area contributed by atoms with Gasteiger partial charge in [0.15, 0.2) is 0 Å². The molecule has 31 heavy (non-hydrogen) atoms. The molecule has 0 fully saturated rings. The van der Waals surface area contributed by atoms with Gasteiger partial charge in [-0.2, -0.15) is 0 Å². The second-order valence-corrected chi connectivity index (χ2v) is 7.34. The fourth-order valence-electron chi connectivity index (χ4n) is 3.81. The van der Waals surface area contributed by atoms with Gasteiger partial charge in [0, 0.05) is 25.3 Å². The third-order valence-corrected chi connectivity index (χ3v) is 5.45. The van der Waals surface area contributed by atoms with Crippen molar-refractivity contribution >= 4 is 17.5 Å². The standard InChI is InChI=1S/C24H25N3O4/c1-30-19-10-8-17(9-11-19)15-25-23(28)24(29)26-16-21(22-7-4-14-31-22)27-13-12-18-5-2-3-6-20(18)27/h2-11,14,21H,12-13,15-16H2,1H3,(H,25,28)(H,26,29)/t21-/m0/s1. The van der Waals surface area contributed by atoms with Crippen molar-refractivity contribution in [3.63, 3.8) is 0 Å². The van der Waals surface area contributed by atoms with Crippen LogP contribution in [-0.4, -0.2) is 32.0 Å². The molecule has 2 N–H and O–H groups in total. The van der Waals surface area contributed by atoms with E-state index >= 15 is 0 Å². The fraction of sp³-hybridized carbons (Fsp3) is 0.250. The van der Waals surface area contributed by atoms with Crippen molar-refractivity contribution in [1.82, 2.24) is 10.6 Å². The molecule has 0 radical (unpaired) electrons. The van der Waals surface area contributed by atoms with E-state index in [9.17, 15) is 9.59 Å². The maximum absolute atomic E-state index is 12.4. The van der Waals surface area contributed by atoms with Gasteiger partial charge < -0.3 is 24.7 Å². The van der Waals surface area contributed by atoms with Crippen LogP contribution in [0.3, 0.4) is 0 Å². The van der Waals surface area contributed by atoms with E-state index < -0.39 is 11.8 Å². The number of carbonyl (C=O) groups is 2. The zero-order chi connectivity index (χ0) is 21.6. The van der Waals surface area contributed by atoms with Crippen LogP contribution in [0.4, 0.5) is 5.69 Å². The molecule has 7 nitrogen and oxygen atoms in total. The number of furan rings is 1. The number of carbonyl (C=O) groups excluding carboxylic acids is 2. The van der Waals surface area contributed by atoms with Crippen LogP contribution in [0.1, 0.15) is 22.9 Å². The first-order valence-electron chi connectivity index (χ1n) is 10.2. The second-order valence-electron chi connectivity index (χ2n) is 7.34. The van der Waals surface area contributed by atoms with Crippen LogP contribution in [0.2, 0.25) is 0 Å². The third-order valence-electron chi connectivity index (χ3n) is 5.45. The number of hydrogen-bond acceptors (Lipinski definition) is 5. The number of amides is 2. The Hall–Kier alpha value is -3.74. The molecule has 3 aromatic rings. The van der Waals surface area contributed by atoms with E-state index in [2.05, 4.69) is 27.7 Å². The number of hydrogen-bond donors (Lipinski definition) is 2. The van der Waals surface area contributed by atoms with Crippen LogP contribution in [-0.2, 0) is 22.6 Å². The van der Waals surface area contributed by atoms with Crippen molar-refractivity contribution in [3.8, 4) is 5.75 Å². The topological polar surface area (TPSA) is 83.8 Å². The molecule has 0 spiro atoms. The number of nitrogens with zero attached hydrogens (tertiary/aromatic N) is 1. The van der Waals surface area contributed by atoms with Gasteiger partial charge in [0.1, 0.15) is 17.6 Å². The molecule has 0 unspecified atom stereocenters. The summed E-state index contributed by atoms with van der Waals surface area (Å²) in [5, 5.41) is 5.41. The number of nitrogens with one attached hydrogen (secondary N) is 2. The summed E-state index contributed by atoms with van der Waals surface area (Å²) in [5.74, 6) is 0.143. The molecule has 1 aliphatic rings. The molecule has 1 aliphatic heterocycles. The highest BCUT2D eigenvalue weighted by Crippen LogP contribution is 2.34. The van der Waals surface area contributed by atoms with E-state index in [1.165, 1.54) is 5.56 Å². The Balaban J connectivity index is 1.37. The van der Waals surface area contributed by atoms with Gasteiger partial charge in [0.25, 0.3) is 0 Å². The average Bonchev–Trinajstić information content (AvgIpc) is 3.49. The van der Waals surface area contributed by atoms with Gasteiger partial charge >= 0.3 is 11.8 Å². The molecule has 4 rings (SSSR count). The Kier molecular flexibility index (Phi) is 6.21. The molecule has 2 heterocycles. The Bertz CT molecular complexity index is 1030. The highest BCUT2D eigenvalue weighted by molar-refractivity contribution is 6.35. The van der Waals surface area contributed by atoms with Crippen LogP contribution in [0.25, 0.3) is 0 Å². The minimum atomic E-state index is -0.671. The predicted octanol–water partition coefficient (Wildman–Crippen LogP) is 2.82. The molecular formula is C24H25N3O4. The normalized spacial score (nSPS) is 13.4. The van der Waals surface area contributed by atoms with Gasteiger partial charge in [-0.15, -0.1) is 0 Å². The van der Waals surface area contributed by atoms with E-state index in [0.29, 0.717) is 0 Å². The van der Waals surface area contributed by atoms with Crippen LogP contribution in [0, 0.1) is 0 Å². The summed E-state index contributed by atoms with van der Waals surface area (Å²) in [6.45, 7) is 1.35. The van der Waals surface area contributed by atoms with E-state index in [0.717, 1.165) is 35.7 Å². The largest absolute Gasteiger partial charge is 0.497 e. The van der Waals surface area contributed by atoms with Crippen molar-refractivity contribution in [3.05, 3.63) is 83.8 Å². The van der Waals surface area contributed by atoms with Gasteiger partial charge in [-0.05, 0) is 47.9 Å². The molecule has 0 bridgehead atoms. The lowest BCUT2D eigenvalue weighted by atomic mass is 10.1.